The molecule has 2 aliphatic heterocycles. The second-order valence-corrected chi connectivity index (χ2v) is 9.27. The molecule has 0 spiro atoms. The van der Waals surface area contributed by atoms with Crippen LogP contribution in [0.1, 0.15) is 30.7 Å². The zero-order valence-corrected chi connectivity index (χ0v) is 18.8. The van der Waals surface area contributed by atoms with Crippen LogP contribution < -0.4 is 10.2 Å². The first-order chi connectivity index (χ1) is 14.8. The molecule has 1 saturated heterocycles. The maximum atomic E-state index is 13.5. The number of aryl methyl sites for hydroxylation is 2. The molecule has 0 radical (unpaired) electrons. The van der Waals surface area contributed by atoms with Gasteiger partial charge in [0.25, 0.3) is 0 Å². The van der Waals surface area contributed by atoms with Crippen LogP contribution in [0.4, 0.5) is 10.5 Å². The Morgan fingerprint density at radius 2 is 1.90 bits per heavy atom. The molecule has 8 heteroatoms. The monoisotopic (exact) mass is 439 g/mol. The Balaban J connectivity index is 1.62. The van der Waals surface area contributed by atoms with E-state index in [2.05, 4.69) is 5.32 Å². The first-order valence-corrected chi connectivity index (χ1v) is 11.0. The molecule has 0 bridgehead atoms. The minimum Gasteiger partial charge on any atom is -0.467 e. The van der Waals surface area contributed by atoms with Gasteiger partial charge in [-0.2, -0.15) is 0 Å². The lowest BCUT2D eigenvalue weighted by Crippen LogP contribution is -2.61. The highest BCUT2D eigenvalue weighted by atomic mass is 32.2. The molecule has 7 nitrogen and oxygen atoms in total. The van der Waals surface area contributed by atoms with Crippen molar-refractivity contribution in [2.75, 3.05) is 11.4 Å². The van der Waals surface area contributed by atoms with Gasteiger partial charge >= 0.3 is 6.03 Å². The Kier molecular flexibility index (Phi) is 5.66. The van der Waals surface area contributed by atoms with E-state index in [-0.39, 0.29) is 24.9 Å². The molecule has 2 aromatic rings. The number of imide groups is 1. The molecule has 1 aromatic heterocycles. The lowest BCUT2D eigenvalue weighted by Gasteiger charge is -2.41. The van der Waals surface area contributed by atoms with Crippen LogP contribution in [-0.2, 0) is 16.1 Å². The van der Waals surface area contributed by atoms with Gasteiger partial charge in [-0.05, 0) is 73.6 Å². The van der Waals surface area contributed by atoms with E-state index in [0.29, 0.717) is 11.4 Å². The van der Waals surface area contributed by atoms with Crippen molar-refractivity contribution in [2.45, 2.75) is 39.6 Å². The van der Waals surface area contributed by atoms with Crippen LogP contribution in [0.5, 0.6) is 0 Å². The number of nitrogens with zero attached hydrogens (tertiary/aromatic N) is 2. The third-order valence-electron chi connectivity index (χ3n) is 5.94. The SMILES string of the molecule is CC1=C(C)C2C(=O)N(c3ccc(C)c(C)c3)C(=O)N(CC(=O)NCc3ccco3)C2S1. The minimum atomic E-state index is -0.474. The number of allylic oxidation sites excluding steroid dienone is 1. The van der Waals surface area contributed by atoms with Gasteiger partial charge in [0, 0.05) is 0 Å². The van der Waals surface area contributed by atoms with E-state index in [1.165, 1.54) is 21.6 Å². The molecule has 162 valence electrons. The fourth-order valence-electron chi connectivity index (χ4n) is 3.87. The maximum Gasteiger partial charge on any atom is 0.332 e. The van der Waals surface area contributed by atoms with Crippen LogP contribution in [0.3, 0.4) is 0 Å². The van der Waals surface area contributed by atoms with Gasteiger partial charge in [0.2, 0.25) is 11.8 Å². The quantitative estimate of drug-likeness (QED) is 0.762. The summed E-state index contributed by atoms with van der Waals surface area (Å²) in [6.07, 6.45) is 1.54. The van der Waals surface area contributed by atoms with Gasteiger partial charge in [0.1, 0.15) is 12.3 Å². The predicted molar refractivity (Wildman–Crippen MR) is 119 cm³/mol. The number of furan rings is 1. The van der Waals surface area contributed by atoms with E-state index in [1.54, 1.807) is 24.5 Å². The van der Waals surface area contributed by atoms with Gasteiger partial charge in [0.05, 0.1) is 29.8 Å². The largest absolute Gasteiger partial charge is 0.467 e. The number of rotatable bonds is 5. The average molecular weight is 440 g/mol. The Bertz CT molecular complexity index is 1080. The van der Waals surface area contributed by atoms with Gasteiger partial charge in [-0.25, -0.2) is 9.69 Å². The lowest BCUT2D eigenvalue weighted by molar-refractivity contribution is -0.126. The summed E-state index contributed by atoms with van der Waals surface area (Å²) in [7, 11) is 0. The zero-order valence-electron chi connectivity index (χ0n) is 18.0. The molecule has 2 unspecified atom stereocenters. The van der Waals surface area contributed by atoms with E-state index in [0.717, 1.165) is 21.6 Å². The molecule has 2 atom stereocenters. The minimum absolute atomic E-state index is 0.136. The number of anilines is 1. The molecule has 1 N–H and O–H groups in total. The van der Waals surface area contributed by atoms with Crippen LogP contribution in [0.2, 0.25) is 0 Å². The van der Waals surface area contributed by atoms with Crippen molar-refractivity contribution in [3.8, 4) is 0 Å². The maximum absolute atomic E-state index is 13.5. The number of carbonyl (C=O) groups is 3. The smallest absolute Gasteiger partial charge is 0.332 e. The third kappa shape index (κ3) is 3.87. The van der Waals surface area contributed by atoms with Crippen molar-refractivity contribution in [1.82, 2.24) is 10.2 Å². The fraction of sp³-hybridized carbons (Fsp3) is 0.348. The summed E-state index contributed by atoms with van der Waals surface area (Å²) in [5, 5.41) is 2.37. The molecular weight excluding hydrogens is 414 g/mol. The summed E-state index contributed by atoms with van der Waals surface area (Å²) in [5.41, 5.74) is 3.55. The summed E-state index contributed by atoms with van der Waals surface area (Å²) < 4.78 is 5.24. The highest BCUT2D eigenvalue weighted by Crippen LogP contribution is 2.47. The molecule has 1 aromatic carbocycles. The Morgan fingerprint density at radius 3 is 2.58 bits per heavy atom. The van der Waals surface area contributed by atoms with E-state index in [9.17, 15) is 14.4 Å². The number of urea groups is 1. The number of fused-ring (bicyclic) bond motifs is 1. The van der Waals surface area contributed by atoms with Crippen molar-refractivity contribution in [2.24, 2.45) is 5.92 Å². The number of hydrogen-bond acceptors (Lipinski definition) is 5. The number of thioether (sulfide) groups is 1. The molecule has 31 heavy (non-hydrogen) atoms. The van der Waals surface area contributed by atoms with Gasteiger partial charge in [-0.1, -0.05) is 6.07 Å². The topological polar surface area (TPSA) is 82.9 Å². The van der Waals surface area contributed by atoms with Gasteiger partial charge < -0.3 is 14.6 Å². The van der Waals surface area contributed by atoms with Crippen LogP contribution in [0, 0.1) is 19.8 Å². The molecular formula is C23H25N3O4S. The normalized spacial score (nSPS) is 21.0. The fourth-order valence-corrected chi connectivity index (χ4v) is 5.29. The Hall–Kier alpha value is -3.00. The number of hydrogen-bond donors (Lipinski definition) is 1. The van der Waals surface area contributed by atoms with Crippen LogP contribution in [0.25, 0.3) is 0 Å². The van der Waals surface area contributed by atoms with Gasteiger partial charge in [-0.3, -0.25) is 9.59 Å². The second kappa shape index (κ2) is 8.26. The number of amides is 4. The zero-order chi connectivity index (χ0) is 22.3. The van der Waals surface area contributed by atoms with Gasteiger partial charge in [-0.15, -0.1) is 11.8 Å². The highest BCUT2D eigenvalue weighted by molar-refractivity contribution is 8.03. The highest BCUT2D eigenvalue weighted by Gasteiger charge is 2.51. The van der Waals surface area contributed by atoms with Crippen molar-refractivity contribution >= 4 is 35.3 Å². The van der Waals surface area contributed by atoms with E-state index >= 15 is 0 Å². The van der Waals surface area contributed by atoms with Gasteiger partial charge in [0.15, 0.2) is 0 Å². The molecule has 1 fully saturated rings. The molecule has 4 amide bonds. The Labute approximate surface area is 185 Å². The first-order valence-electron chi connectivity index (χ1n) is 10.1. The average Bonchev–Trinajstić information content (AvgIpc) is 3.35. The predicted octanol–water partition coefficient (Wildman–Crippen LogP) is 3.96. The molecule has 0 aliphatic carbocycles. The van der Waals surface area contributed by atoms with Crippen LogP contribution >= 0.6 is 11.8 Å². The Morgan fingerprint density at radius 1 is 1.13 bits per heavy atom. The first kappa shape index (κ1) is 21.2. The number of nitrogens with one attached hydrogen (secondary N) is 1. The van der Waals surface area contributed by atoms with Crippen molar-refractivity contribution in [1.29, 1.82) is 0 Å². The number of benzene rings is 1. The summed E-state index contributed by atoms with van der Waals surface area (Å²) >= 11 is 1.47. The summed E-state index contributed by atoms with van der Waals surface area (Å²) in [6, 6.07) is 8.56. The molecule has 3 heterocycles. The van der Waals surface area contributed by atoms with Crippen molar-refractivity contribution in [3.63, 3.8) is 0 Å². The third-order valence-corrected chi connectivity index (χ3v) is 7.38. The van der Waals surface area contributed by atoms with Crippen LogP contribution in [-0.4, -0.2) is 34.7 Å². The molecule has 2 aliphatic rings. The summed E-state index contributed by atoms with van der Waals surface area (Å²) in [4.78, 5) is 43.2. The summed E-state index contributed by atoms with van der Waals surface area (Å²) in [6.45, 7) is 7.91. The van der Waals surface area contributed by atoms with Crippen molar-refractivity contribution < 1.29 is 18.8 Å². The number of carbonyl (C=O) groups excluding carboxylic acids is 3. The van der Waals surface area contributed by atoms with Crippen LogP contribution in [0.15, 0.2) is 51.5 Å². The van der Waals surface area contributed by atoms with E-state index < -0.39 is 17.3 Å². The van der Waals surface area contributed by atoms with E-state index in [1.807, 2.05) is 39.8 Å². The second-order valence-electron chi connectivity index (χ2n) is 7.93. The van der Waals surface area contributed by atoms with E-state index in [4.69, 9.17) is 4.42 Å². The molecule has 0 saturated carbocycles. The summed E-state index contributed by atoms with van der Waals surface area (Å²) in [5.74, 6) is -0.387. The molecule has 4 rings (SSSR count). The lowest BCUT2D eigenvalue weighted by atomic mass is 9.95. The van der Waals surface area contributed by atoms with Crippen molar-refractivity contribution in [3.05, 3.63) is 64.0 Å². The standard InChI is InChI=1S/C23H25N3O4S/c1-13-7-8-17(10-14(13)2)26-21(28)20-15(3)16(4)31-22(20)25(23(26)29)12-19(27)24-11-18-6-5-9-30-18/h5-10,20,22H,11-12H2,1-4H3,(H,24,27).